The number of nitrogens with zero attached hydrogens (tertiary/aromatic N) is 4. The average Bonchev–Trinajstić information content (AvgIpc) is 3.20. The fourth-order valence-corrected chi connectivity index (χ4v) is 4.64. The molecule has 0 spiro atoms. The molecule has 1 N–H and O–H groups in total. The third-order valence-corrected chi connectivity index (χ3v) is 5.94. The molecule has 3 aromatic heterocycles. The van der Waals surface area contributed by atoms with E-state index in [1.165, 1.54) is 21.8 Å². The van der Waals surface area contributed by atoms with Crippen LogP contribution in [0.1, 0.15) is 46.9 Å². The summed E-state index contributed by atoms with van der Waals surface area (Å²) in [6, 6.07) is 3.18. The number of carboxylic acid groups (broad SMARTS) is 1. The minimum atomic E-state index is -0.828. The van der Waals surface area contributed by atoms with Gasteiger partial charge in [0.15, 0.2) is 4.96 Å². The lowest BCUT2D eigenvalue weighted by atomic mass is 10.2. The van der Waals surface area contributed by atoms with Gasteiger partial charge in [-0.3, -0.25) is 18.7 Å². The second kappa shape index (κ2) is 6.56. The molecule has 0 bridgehead atoms. The third-order valence-electron chi connectivity index (χ3n) is 4.97. The third kappa shape index (κ3) is 3.05. The predicted molar refractivity (Wildman–Crippen MR) is 98.1 cm³/mol. The van der Waals surface area contributed by atoms with Gasteiger partial charge in [0.1, 0.15) is 6.67 Å². The largest absolute Gasteiger partial charge is 0.481 e. The molecule has 3 heterocycles. The van der Waals surface area contributed by atoms with Crippen LogP contribution < -0.4 is 5.56 Å². The molecule has 1 aliphatic carbocycles. The smallest absolute Gasteiger partial charge is 0.307 e. The van der Waals surface area contributed by atoms with Gasteiger partial charge in [-0.15, -0.1) is 11.3 Å². The van der Waals surface area contributed by atoms with Gasteiger partial charge < -0.3 is 5.11 Å². The van der Waals surface area contributed by atoms with E-state index in [4.69, 9.17) is 0 Å². The molecular formula is C18H19FN4O3S. The molecule has 0 aromatic carbocycles. The first-order chi connectivity index (χ1) is 12.9. The Morgan fingerprint density at radius 1 is 1.41 bits per heavy atom. The summed E-state index contributed by atoms with van der Waals surface area (Å²) in [5, 5.41) is 13.4. The highest BCUT2D eigenvalue weighted by atomic mass is 32.1. The van der Waals surface area contributed by atoms with Crippen molar-refractivity contribution in [2.24, 2.45) is 5.92 Å². The van der Waals surface area contributed by atoms with Crippen LogP contribution >= 0.6 is 11.3 Å². The van der Waals surface area contributed by atoms with Gasteiger partial charge in [-0.05, 0) is 25.8 Å². The molecule has 27 heavy (non-hydrogen) atoms. The van der Waals surface area contributed by atoms with Crippen LogP contribution in [0.2, 0.25) is 0 Å². The number of fused-ring (bicyclic) bond motifs is 1. The van der Waals surface area contributed by atoms with Crippen molar-refractivity contribution in [2.45, 2.75) is 45.8 Å². The van der Waals surface area contributed by atoms with Gasteiger partial charge in [-0.1, -0.05) is 6.92 Å². The average molecular weight is 390 g/mol. The van der Waals surface area contributed by atoms with E-state index in [0.29, 0.717) is 35.7 Å². The molecule has 0 amide bonds. The minimum Gasteiger partial charge on any atom is -0.481 e. The molecule has 142 valence electrons. The van der Waals surface area contributed by atoms with Crippen LogP contribution in [0.3, 0.4) is 0 Å². The van der Waals surface area contributed by atoms with Gasteiger partial charge in [-0.25, -0.2) is 9.37 Å². The number of halogens is 1. The summed E-state index contributed by atoms with van der Waals surface area (Å²) in [4.78, 5) is 30.0. The number of hydrogen-bond donors (Lipinski definition) is 1. The maximum absolute atomic E-state index is 12.9. The van der Waals surface area contributed by atoms with Crippen LogP contribution in [-0.4, -0.2) is 30.2 Å². The van der Waals surface area contributed by atoms with Gasteiger partial charge in [0.25, 0.3) is 5.56 Å². The van der Waals surface area contributed by atoms with Gasteiger partial charge in [0.05, 0.1) is 23.9 Å². The fraction of sp³-hybridized carbons (Fsp3) is 0.444. The number of alkyl halides is 1. The van der Waals surface area contributed by atoms with Gasteiger partial charge in [0.2, 0.25) is 0 Å². The van der Waals surface area contributed by atoms with Crippen LogP contribution in [0.5, 0.6) is 0 Å². The van der Waals surface area contributed by atoms with Crippen molar-refractivity contribution in [3.8, 4) is 0 Å². The molecule has 9 heteroatoms. The molecule has 0 aliphatic heterocycles. The number of hydrogen-bond acceptors (Lipinski definition) is 5. The number of aliphatic carboxylic acids is 1. The second-order valence-corrected chi connectivity index (χ2v) is 7.99. The van der Waals surface area contributed by atoms with E-state index < -0.39 is 18.6 Å². The standard InChI is InChI=1S/C18H19FN4O3S/c1-3-12-4-10(7-19)21-22(12)8-11-5-15(24)23-16(9(2)27-18(23)20-11)13-6-14(13)17(25)26/h4-5,13-14H,3,6-8H2,1-2H3,(H,25,26). The summed E-state index contributed by atoms with van der Waals surface area (Å²) in [5.41, 5.74) is 2.35. The SMILES string of the molecule is CCc1cc(CF)nn1Cc1cc(=O)n2c(C3CC3C(=O)O)c(C)sc2n1. The van der Waals surface area contributed by atoms with Crippen LogP contribution in [0.4, 0.5) is 4.39 Å². The Bertz CT molecular complexity index is 1100. The summed E-state index contributed by atoms with van der Waals surface area (Å²) in [6.07, 6.45) is 1.25. The van der Waals surface area contributed by atoms with Crippen molar-refractivity contribution in [2.75, 3.05) is 0 Å². The van der Waals surface area contributed by atoms with Crippen molar-refractivity contribution >= 4 is 22.3 Å². The Labute approximate surface area is 158 Å². The molecular weight excluding hydrogens is 371 g/mol. The van der Waals surface area contributed by atoms with E-state index in [1.54, 1.807) is 10.7 Å². The quantitative estimate of drug-likeness (QED) is 0.699. The maximum atomic E-state index is 12.9. The topological polar surface area (TPSA) is 89.5 Å². The molecule has 1 aliphatic rings. The Morgan fingerprint density at radius 3 is 2.81 bits per heavy atom. The number of aromatic nitrogens is 4. The molecule has 1 saturated carbocycles. The molecule has 0 radical (unpaired) electrons. The second-order valence-electron chi connectivity index (χ2n) is 6.81. The summed E-state index contributed by atoms with van der Waals surface area (Å²) in [5.74, 6) is -1.39. The number of rotatable bonds is 6. The van der Waals surface area contributed by atoms with Gasteiger partial charge in [0, 0.05) is 28.2 Å². The van der Waals surface area contributed by atoms with Crippen LogP contribution in [-0.2, 0) is 24.4 Å². The van der Waals surface area contributed by atoms with E-state index in [1.807, 2.05) is 13.8 Å². The summed E-state index contributed by atoms with van der Waals surface area (Å²) >= 11 is 1.39. The number of carbonyl (C=O) groups is 1. The molecule has 2 atom stereocenters. The maximum Gasteiger partial charge on any atom is 0.307 e. The highest BCUT2D eigenvalue weighted by molar-refractivity contribution is 7.17. The van der Waals surface area contributed by atoms with Crippen LogP contribution in [0, 0.1) is 12.8 Å². The summed E-state index contributed by atoms with van der Waals surface area (Å²) < 4.78 is 16.1. The van der Waals surface area contributed by atoms with Crippen molar-refractivity contribution in [3.05, 3.63) is 50.1 Å². The highest BCUT2D eigenvalue weighted by Crippen LogP contribution is 2.49. The van der Waals surface area contributed by atoms with Crippen LogP contribution in [0.25, 0.3) is 4.96 Å². The van der Waals surface area contributed by atoms with Crippen LogP contribution in [0.15, 0.2) is 16.9 Å². The number of thiazole rings is 1. The normalized spacial score (nSPS) is 18.9. The molecule has 3 aromatic rings. The molecule has 2 unspecified atom stereocenters. The lowest BCUT2D eigenvalue weighted by Crippen LogP contribution is -2.18. The fourth-order valence-electron chi connectivity index (χ4n) is 3.58. The Balaban J connectivity index is 1.72. The van der Waals surface area contributed by atoms with E-state index >= 15 is 0 Å². The molecule has 1 fully saturated rings. The zero-order valence-electron chi connectivity index (χ0n) is 15.0. The first-order valence-corrected chi connectivity index (χ1v) is 9.60. The Kier molecular flexibility index (Phi) is 4.33. The lowest BCUT2D eigenvalue weighted by molar-refractivity contribution is -0.138. The molecule has 4 rings (SSSR count). The van der Waals surface area contributed by atoms with E-state index in [-0.39, 0.29) is 11.5 Å². The lowest BCUT2D eigenvalue weighted by Gasteiger charge is -2.06. The number of carboxylic acids is 1. The highest BCUT2D eigenvalue weighted by Gasteiger charge is 2.47. The molecule has 7 nitrogen and oxygen atoms in total. The van der Waals surface area contributed by atoms with Crippen molar-refractivity contribution in [3.63, 3.8) is 0 Å². The number of aryl methyl sites for hydroxylation is 2. The zero-order chi connectivity index (χ0) is 19.3. The summed E-state index contributed by atoms with van der Waals surface area (Å²) in [7, 11) is 0. The van der Waals surface area contributed by atoms with Crippen molar-refractivity contribution < 1.29 is 14.3 Å². The summed E-state index contributed by atoms with van der Waals surface area (Å²) in [6.45, 7) is 3.52. The van der Waals surface area contributed by atoms with Gasteiger partial charge >= 0.3 is 5.97 Å². The first kappa shape index (κ1) is 17.8. The monoisotopic (exact) mass is 390 g/mol. The van der Waals surface area contributed by atoms with E-state index in [9.17, 15) is 19.1 Å². The Morgan fingerprint density at radius 2 is 2.19 bits per heavy atom. The van der Waals surface area contributed by atoms with Crippen molar-refractivity contribution in [1.82, 2.24) is 19.2 Å². The molecule has 0 saturated heterocycles. The first-order valence-electron chi connectivity index (χ1n) is 8.79. The van der Waals surface area contributed by atoms with E-state index in [0.717, 1.165) is 16.3 Å². The van der Waals surface area contributed by atoms with Gasteiger partial charge in [-0.2, -0.15) is 5.10 Å². The van der Waals surface area contributed by atoms with Crippen molar-refractivity contribution in [1.29, 1.82) is 0 Å². The Hall–Kier alpha value is -2.55. The van der Waals surface area contributed by atoms with E-state index in [2.05, 4.69) is 10.1 Å². The predicted octanol–water partition coefficient (Wildman–Crippen LogP) is 2.53. The minimum absolute atomic E-state index is 0.133. The zero-order valence-corrected chi connectivity index (χ0v) is 15.8.